The normalized spacial score (nSPS) is 12.2. The molecule has 0 radical (unpaired) electrons. The molecule has 4 nitrogen and oxygen atoms in total. The van der Waals surface area contributed by atoms with Crippen molar-refractivity contribution in [3.8, 4) is 11.3 Å². The smallest absolute Gasteiger partial charge is 0.206 e. The number of nitrogens with zero attached hydrogens (tertiary/aromatic N) is 4. The molecule has 0 atom stereocenters. The van der Waals surface area contributed by atoms with Crippen LogP contribution in [-0.2, 0) is 0 Å². The van der Waals surface area contributed by atoms with Crippen molar-refractivity contribution in [1.29, 1.82) is 0 Å². The van der Waals surface area contributed by atoms with E-state index < -0.39 is 0 Å². The topological polar surface area (TPSA) is 42.5 Å². The van der Waals surface area contributed by atoms with Crippen LogP contribution in [0.5, 0.6) is 0 Å². The van der Waals surface area contributed by atoms with Crippen LogP contribution < -0.4 is 4.80 Å². The minimum atomic E-state index is 0.725. The van der Waals surface area contributed by atoms with Gasteiger partial charge in [-0.3, -0.25) is 9.98 Å². The second-order valence-electron chi connectivity index (χ2n) is 4.73. The number of thiazole rings is 1. The lowest BCUT2D eigenvalue weighted by molar-refractivity contribution is 0.833. The van der Waals surface area contributed by atoms with Gasteiger partial charge in [0.05, 0.1) is 11.9 Å². The van der Waals surface area contributed by atoms with Crippen LogP contribution in [0, 0.1) is 0 Å². The van der Waals surface area contributed by atoms with E-state index in [9.17, 15) is 0 Å². The second-order valence-corrected chi connectivity index (χ2v) is 6.48. The van der Waals surface area contributed by atoms with E-state index in [1.807, 2.05) is 42.1 Å². The van der Waals surface area contributed by atoms with Crippen molar-refractivity contribution in [2.45, 2.75) is 6.92 Å². The Morgan fingerprint density at radius 1 is 1.26 bits per heavy atom. The first-order valence-corrected chi connectivity index (χ1v) is 8.86. The summed E-state index contributed by atoms with van der Waals surface area (Å²) >= 11 is 5.11. The van der Waals surface area contributed by atoms with Crippen molar-refractivity contribution in [2.75, 3.05) is 6.54 Å². The molecular formula is C17H15BrN4S. The van der Waals surface area contributed by atoms with Crippen LogP contribution in [0.25, 0.3) is 11.3 Å². The summed E-state index contributed by atoms with van der Waals surface area (Å²) in [6, 6.07) is 12.0. The molecule has 0 saturated heterocycles. The summed E-state index contributed by atoms with van der Waals surface area (Å²) in [4.78, 5) is 9.44. The third kappa shape index (κ3) is 3.83. The van der Waals surface area contributed by atoms with E-state index in [4.69, 9.17) is 0 Å². The highest BCUT2D eigenvalue weighted by Gasteiger charge is 2.07. The number of hydrogen-bond donors (Lipinski definition) is 0. The van der Waals surface area contributed by atoms with Gasteiger partial charge in [-0.15, -0.1) is 11.3 Å². The van der Waals surface area contributed by atoms with Gasteiger partial charge in [0, 0.05) is 34.4 Å². The van der Waals surface area contributed by atoms with Gasteiger partial charge in [0.1, 0.15) is 0 Å². The SMILES string of the molecule is CCN=c1scc(-c2cccc(Br)c2)n1N=Cc1ccncc1. The van der Waals surface area contributed by atoms with E-state index >= 15 is 0 Å². The van der Waals surface area contributed by atoms with Gasteiger partial charge in [0.15, 0.2) is 0 Å². The molecule has 3 aromatic rings. The number of pyridine rings is 1. The molecule has 0 amide bonds. The minimum absolute atomic E-state index is 0.725. The standard InChI is InChI=1S/C17H15BrN4S/c1-2-20-17-22(21-11-13-6-8-19-9-7-13)16(12-23-17)14-4-3-5-15(18)10-14/h3-12H,2H2,1H3. The maximum atomic E-state index is 4.63. The summed E-state index contributed by atoms with van der Waals surface area (Å²) in [6.45, 7) is 2.75. The van der Waals surface area contributed by atoms with Gasteiger partial charge >= 0.3 is 0 Å². The predicted molar refractivity (Wildman–Crippen MR) is 98.8 cm³/mol. The maximum Gasteiger partial charge on any atom is 0.206 e. The van der Waals surface area contributed by atoms with Crippen LogP contribution in [0.2, 0.25) is 0 Å². The average Bonchev–Trinajstić information content (AvgIpc) is 2.97. The summed E-state index contributed by atoms with van der Waals surface area (Å²) in [6.07, 6.45) is 5.34. The molecule has 23 heavy (non-hydrogen) atoms. The van der Waals surface area contributed by atoms with Gasteiger partial charge in [-0.1, -0.05) is 28.1 Å². The highest BCUT2D eigenvalue weighted by atomic mass is 79.9. The lowest BCUT2D eigenvalue weighted by Crippen LogP contribution is -2.12. The molecule has 0 aliphatic rings. The Bertz CT molecular complexity index is 881. The monoisotopic (exact) mass is 386 g/mol. The van der Waals surface area contributed by atoms with Crippen molar-refractivity contribution in [1.82, 2.24) is 9.66 Å². The molecule has 0 spiro atoms. The van der Waals surface area contributed by atoms with Gasteiger partial charge in [-0.05, 0) is 36.8 Å². The first kappa shape index (κ1) is 15.8. The van der Waals surface area contributed by atoms with E-state index in [0.29, 0.717) is 0 Å². The van der Waals surface area contributed by atoms with Gasteiger partial charge < -0.3 is 0 Å². The summed E-state index contributed by atoms with van der Waals surface area (Å²) in [7, 11) is 0. The zero-order valence-corrected chi connectivity index (χ0v) is 15.0. The van der Waals surface area contributed by atoms with Crippen LogP contribution in [0.1, 0.15) is 12.5 Å². The van der Waals surface area contributed by atoms with Crippen molar-refractivity contribution < 1.29 is 0 Å². The molecular weight excluding hydrogens is 372 g/mol. The maximum absolute atomic E-state index is 4.63. The van der Waals surface area contributed by atoms with Crippen molar-refractivity contribution in [3.63, 3.8) is 0 Å². The zero-order chi connectivity index (χ0) is 16.1. The third-order valence-electron chi connectivity index (χ3n) is 3.13. The molecule has 0 fully saturated rings. The number of aromatic nitrogens is 2. The van der Waals surface area contributed by atoms with E-state index in [1.165, 1.54) is 0 Å². The van der Waals surface area contributed by atoms with E-state index in [0.717, 1.165) is 32.6 Å². The first-order chi connectivity index (χ1) is 11.3. The lowest BCUT2D eigenvalue weighted by Gasteiger charge is -2.04. The molecule has 2 aromatic heterocycles. The molecule has 0 unspecified atom stereocenters. The first-order valence-electron chi connectivity index (χ1n) is 7.19. The Balaban J connectivity index is 2.08. The predicted octanol–water partition coefficient (Wildman–Crippen LogP) is 4.18. The lowest BCUT2D eigenvalue weighted by atomic mass is 10.2. The number of rotatable bonds is 4. The molecule has 1 aromatic carbocycles. The van der Waals surface area contributed by atoms with Crippen molar-refractivity contribution >= 4 is 33.5 Å². The van der Waals surface area contributed by atoms with Crippen LogP contribution in [0.4, 0.5) is 0 Å². The number of benzene rings is 1. The average molecular weight is 387 g/mol. The van der Waals surface area contributed by atoms with Crippen molar-refractivity contribution in [2.24, 2.45) is 10.1 Å². The van der Waals surface area contributed by atoms with Crippen LogP contribution in [0.3, 0.4) is 0 Å². The summed E-state index contributed by atoms with van der Waals surface area (Å²) in [5, 5.41) is 6.71. The van der Waals surface area contributed by atoms with Crippen LogP contribution in [-0.4, -0.2) is 22.4 Å². The Labute approximate surface area is 147 Å². The summed E-state index contributed by atoms with van der Waals surface area (Å²) < 4.78 is 2.93. The Morgan fingerprint density at radius 2 is 2.09 bits per heavy atom. The summed E-state index contributed by atoms with van der Waals surface area (Å²) in [5.74, 6) is 0. The fourth-order valence-corrected chi connectivity index (χ4v) is 3.38. The van der Waals surface area contributed by atoms with E-state index in [2.05, 4.69) is 48.5 Å². The van der Waals surface area contributed by atoms with E-state index in [1.54, 1.807) is 23.7 Å². The molecule has 0 bridgehead atoms. The molecule has 3 rings (SSSR count). The third-order valence-corrected chi connectivity index (χ3v) is 4.47. The fraction of sp³-hybridized carbons (Fsp3) is 0.118. The van der Waals surface area contributed by atoms with Gasteiger partial charge in [-0.2, -0.15) is 5.10 Å². The second kappa shape index (κ2) is 7.48. The fourth-order valence-electron chi connectivity index (χ4n) is 2.07. The van der Waals surface area contributed by atoms with Crippen LogP contribution in [0.15, 0.2) is 68.7 Å². The highest BCUT2D eigenvalue weighted by molar-refractivity contribution is 9.10. The minimum Gasteiger partial charge on any atom is -0.265 e. The largest absolute Gasteiger partial charge is 0.265 e. The quantitative estimate of drug-likeness (QED) is 0.620. The molecule has 2 heterocycles. The Morgan fingerprint density at radius 3 is 2.83 bits per heavy atom. The van der Waals surface area contributed by atoms with Gasteiger partial charge in [-0.25, -0.2) is 4.68 Å². The molecule has 0 N–H and O–H groups in total. The number of halogens is 1. The van der Waals surface area contributed by atoms with Crippen molar-refractivity contribution in [3.05, 3.63) is 69.0 Å². The molecule has 116 valence electrons. The van der Waals surface area contributed by atoms with Gasteiger partial charge in [0.2, 0.25) is 4.80 Å². The zero-order valence-electron chi connectivity index (χ0n) is 12.6. The molecule has 0 aliphatic carbocycles. The Kier molecular flexibility index (Phi) is 5.15. The molecule has 6 heteroatoms. The molecule has 0 aliphatic heterocycles. The summed E-state index contributed by atoms with van der Waals surface area (Å²) in [5.41, 5.74) is 3.12. The highest BCUT2D eigenvalue weighted by Crippen LogP contribution is 2.23. The number of hydrogen-bond acceptors (Lipinski definition) is 4. The Hall–Kier alpha value is -2.05. The van der Waals surface area contributed by atoms with Crippen LogP contribution >= 0.6 is 27.3 Å². The van der Waals surface area contributed by atoms with Gasteiger partial charge in [0.25, 0.3) is 0 Å². The molecule has 0 saturated carbocycles. The van der Waals surface area contributed by atoms with E-state index in [-0.39, 0.29) is 0 Å².